The topological polar surface area (TPSA) is 57.8 Å². The summed E-state index contributed by atoms with van der Waals surface area (Å²) in [7, 11) is 0. The van der Waals surface area contributed by atoms with Crippen molar-refractivity contribution in [3.05, 3.63) is 49.8 Å². The fourth-order valence-electron chi connectivity index (χ4n) is 2.51. The van der Waals surface area contributed by atoms with Crippen molar-refractivity contribution in [3.63, 3.8) is 0 Å². The van der Waals surface area contributed by atoms with Gasteiger partial charge in [0.1, 0.15) is 5.82 Å². The zero-order valence-corrected chi connectivity index (χ0v) is 14.1. The van der Waals surface area contributed by atoms with Crippen LogP contribution in [0, 0.1) is 13.8 Å². The monoisotopic (exact) mass is 305 g/mol. The predicted octanol–water partition coefficient (Wildman–Crippen LogP) is 3.08. The van der Waals surface area contributed by atoms with Crippen LogP contribution in [0.25, 0.3) is 0 Å². The third kappa shape index (κ3) is 3.60. The third-order valence-corrected chi connectivity index (χ3v) is 4.97. The maximum atomic E-state index is 12.1. The first-order valence-electron chi connectivity index (χ1n) is 7.16. The van der Waals surface area contributed by atoms with Crippen LogP contribution in [0.5, 0.6) is 0 Å². The standard InChI is InChI=1S/C16H23N3OS/c1-10(14-11(2)18-12(3)19-15(14)20)17-9-16(4,5)13-7-6-8-21-13/h6-8,10,17H,9H2,1-5H3,(H,18,19,20). The smallest absolute Gasteiger partial charge is 0.255 e. The molecule has 0 amide bonds. The highest BCUT2D eigenvalue weighted by atomic mass is 32.1. The van der Waals surface area contributed by atoms with Gasteiger partial charge in [-0.05, 0) is 32.2 Å². The molecule has 114 valence electrons. The molecule has 1 unspecified atom stereocenters. The molecule has 2 rings (SSSR count). The van der Waals surface area contributed by atoms with Crippen molar-refractivity contribution in [2.45, 2.75) is 46.1 Å². The first kappa shape index (κ1) is 15.9. The van der Waals surface area contributed by atoms with Crippen molar-refractivity contribution in [1.82, 2.24) is 15.3 Å². The SMILES string of the molecule is Cc1nc(C)c(C(C)NCC(C)(C)c2cccs2)c(=O)[nH]1. The number of nitrogens with one attached hydrogen (secondary N) is 2. The number of hydrogen-bond donors (Lipinski definition) is 2. The van der Waals surface area contributed by atoms with E-state index in [-0.39, 0.29) is 17.0 Å². The normalized spacial score (nSPS) is 13.4. The van der Waals surface area contributed by atoms with E-state index in [0.717, 1.165) is 17.8 Å². The Morgan fingerprint density at radius 1 is 1.43 bits per heavy atom. The molecule has 21 heavy (non-hydrogen) atoms. The highest BCUT2D eigenvalue weighted by molar-refractivity contribution is 7.10. The molecule has 0 saturated heterocycles. The first-order chi connectivity index (χ1) is 9.81. The summed E-state index contributed by atoms with van der Waals surface area (Å²) in [5.74, 6) is 0.660. The van der Waals surface area contributed by atoms with Crippen molar-refractivity contribution in [3.8, 4) is 0 Å². The lowest BCUT2D eigenvalue weighted by atomic mass is 9.91. The van der Waals surface area contributed by atoms with Gasteiger partial charge in [-0.15, -0.1) is 11.3 Å². The second-order valence-corrected chi connectivity index (χ2v) is 7.06. The summed E-state index contributed by atoms with van der Waals surface area (Å²) >= 11 is 1.77. The van der Waals surface area contributed by atoms with Crippen molar-refractivity contribution in [2.24, 2.45) is 0 Å². The quantitative estimate of drug-likeness (QED) is 0.892. The van der Waals surface area contributed by atoms with Crippen LogP contribution in [-0.4, -0.2) is 16.5 Å². The second-order valence-electron chi connectivity index (χ2n) is 6.11. The average Bonchev–Trinajstić information content (AvgIpc) is 2.89. The van der Waals surface area contributed by atoms with Crippen molar-refractivity contribution < 1.29 is 0 Å². The van der Waals surface area contributed by atoms with Crippen LogP contribution in [-0.2, 0) is 5.41 Å². The molecule has 0 aliphatic rings. The Morgan fingerprint density at radius 3 is 2.71 bits per heavy atom. The lowest BCUT2D eigenvalue weighted by molar-refractivity contribution is 0.438. The first-order valence-corrected chi connectivity index (χ1v) is 8.04. The molecular formula is C16H23N3OS. The van der Waals surface area contributed by atoms with Gasteiger partial charge in [0.2, 0.25) is 0 Å². The van der Waals surface area contributed by atoms with Crippen LogP contribution in [0.1, 0.15) is 48.8 Å². The minimum Gasteiger partial charge on any atom is -0.310 e. The maximum absolute atomic E-state index is 12.1. The Hall–Kier alpha value is -1.46. The van der Waals surface area contributed by atoms with Gasteiger partial charge in [-0.3, -0.25) is 4.79 Å². The van der Waals surface area contributed by atoms with Crippen LogP contribution in [0.2, 0.25) is 0 Å². The Balaban J connectivity index is 2.13. The Morgan fingerprint density at radius 2 is 2.14 bits per heavy atom. The number of H-pyrrole nitrogens is 1. The van der Waals surface area contributed by atoms with E-state index in [9.17, 15) is 4.79 Å². The summed E-state index contributed by atoms with van der Waals surface area (Å²) in [6.07, 6.45) is 0. The van der Waals surface area contributed by atoms with Crippen LogP contribution in [0.15, 0.2) is 22.3 Å². The summed E-state index contributed by atoms with van der Waals surface area (Å²) in [5.41, 5.74) is 1.52. The second kappa shape index (κ2) is 6.12. The third-order valence-electron chi connectivity index (χ3n) is 3.74. The largest absolute Gasteiger partial charge is 0.310 e. The zero-order valence-electron chi connectivity index (χ0n) is 13.3. The van der Waals surface area contributed by atoms with Crippen molar-refractivity contribution in [1.29, 1.82) is 0 Å². The minimum atomic E-state index is -0.0473. The van der Waals surface area contributed by atoms with Gasteiger partial charge in [-0.25, -0.2) is 4.98 Å². The van der Waals surface area contributed by atoms with E-state index >= 15 is 0 Å². The molecule has 0 fully saturated rings. The van der Waals surface area contributed by atoms with E-state index in [1.165, 1.54) is 4.88 Å². The Kier molecular flexibility index (Phi) is 4.64. The van der Waals surface area contributed by atoms with Gasteiger partial charge in [0.05, 0.1) is 5.56 Å². The number of aryl methyl sites for hydroxylation is 2. The molecule has 0 aromatic carbocycles. The molecule has 0 spiro atoms. The van der Waals surface area contributed by atoms with Gasteiger partial charge in [-0.2, -0.15) is 0 Å². The zero-order chi connectivity index (χ0) is 15.6. The molecular weight excluding hydrogens is 282 g/mol. The van der Waals surface area contributed by atoms with E-state index in [4.69, 9.17) is 0 Å². The average molecular weight is 305 g/mol. The summed E-state index contributed by atoms with van der Waals surface area (Å²) in [6.45, 7) is 10.9. The number of rotatable bonds is 5. The van der Waals surface area contributed by atoms with E-state index in [2.05, 4.69) is 46.6 Å². The molecule has 0 aliphatic carbocycles. The molecule has 2 aromatic rings. The summed E-state index contributed by atoms with van der Waals surface area (Å²) in [6, 6.07) is 4.20. The number of nitrogens with zero attached hydrogens (tertiary/aromatic N) is 1. The molecule has 4 nitrogen and oxygen atoms in total. The summed E-state index contributed by atoms with van der Waals surface area (Å²) in [5, 5.41) is 5.57. The fraction of sp³-hybridized carbons (Fsp3) is 0.500. The maximum Gasteiger partial charge on any atom is 0.255 e. The van der Waals surface area contributed by atoms with Crippen molar-refractivity contribution in [2.75, 3.05) is 6.54 Å². The fourth-order valence-corrected chi connectivity index (χ4v) is 3.36. The highest BCUT2D eigenvalue weighted by Gasteiger charge is 2.23. The molecule has 0 saturated carbocycles. The summed E-state index contributed by atoms with van der Waals surface area (Å²) < 4.78 is 0. The molecule has 2 N–H and O–H groups in total. The van der Waals surface area contributed by atoms with Crippen LogP contribution < -0.4 is 10.9 Å². The van der Waals surface area contributed by atoms with Gasteiger partial charge >= 0.3 is 0 Å². The van der Waals surface area contributed by atoms with Crippen LogP contribution in [0.3, 0.4) is 0 Å². The van der Waals surface area contributed by atoms with Gasteiger partial charge in [0, 0.05) is 28.6 Å². The Labute approximate surface area is 129 Å². The lowest BCUT2D eigenvalue weighted by Gasteiger charge is -2.26. The predicted molar refractivity (Wildman–Crippen MR) is 88.1 cm³/mol. The van der Waals surface area contributed by atoms with Crippen LogP contribution in [0.4, 0.5) is 0 Å². The molecule has 5 heteroatoms. The molecule has 1 atom stereocenters. The number of aromatic amines is 1. The number of thiophene rings is 1. The van der Waals surface area contributed by atoms with E-state index < -0.39 is 0 Å². The van der Waals surface area contributed by atoms with Gasteiger partial charge < -0.3 is 10.3 Å². The molecule has 0 radical (unpaired) electrons. The van der Waals surface area contributed by atoms with Crippen molar-refractivity contribution >= 4 is 11.3 Å². The molecule has 2 aromatic heterocycles. The van der Waals surface area contributed by atoms with E-state index in [1.807, 2.05) is 13.8 Å². The van der Waals surface area contributed by atoms with Gasteiger partial charge in [0.15, 0.2) is 0 Å². The van der Waals surface area contributed by atoms with Crippen LogP contribution >= 0.6 is 11.3 Å². The van der Waals surface area contributed by atoms with Gasteiger partial charge in [-0.1, -0.05) is 19.9 Å². The number of aromatic nitrogens is 2. The van der Waals surface area contributed by atoms with E-state index in [0.29, 0.717) is 5.82 Å². The molecule has 0 aliphatic heterocycles. The Bertz CT molecular complexity index is 659. The van der Waals surface area contributed by atoms with Gasteiger partial charge in [0.25, 0.3) is 5.56 Å². The van der Waals surface area contributed by atoms with E-state index in [1.54, 1.807) is 18.3 Å². The molecule has 2 heterocycles. The highest BCUT2D eigenvalue weighted by Crippen LogP contribution is 2.27. The lowest BCUT2D eigenvalue weighted by Crippen LogP contribution is -2.36. The summed E-state index contributed by atoms with van der Waals surface area (Å²) in [4.78, 5) is 20.6. The number of hydrogen-bond acceptors (Lipinski definition) is 4. The molecule has 0 bridgehead atoms. The minimum absolute atomic E-state index is 0.0268.